The summed E-state index contributed by atoms with van der Waals surface area (Å²) in [6, 6.07) is 4.37. The van der Waals surface area contributed by atoms with Crippen LogP contribution in [0.25, 0.3) is 0 Å². The smallest absolute Gasteiger partial charge is 0.161 e. The number of methoxy groups -OCH3 is 2. The molecule has 1 unspecified atom stereocenters. The molecule has 0 saturated carbocycles. The maximum atomic E-state index is 5.73. The monoisotopic (exact) mass is 265 g/mol. The van der Waals surface area contributed by atoms with E-state index in [0.717, 1.165) is 24.5 Å². The molecule has 106 valence electrons. The third-order valence-electron chi connectivity index (χ3n) is 3.40. The highest BCUT2D eigenvalue weighted by Gasteiger charge is 2.22. The van der Waals surface area contributed by atoms with Gasteiger partial charge >= 0.3 is 0 Å². The van der Waals surface area contributed by atoms with Crippen molar-refractivity contribution in [2.24, 2.45) is 0 Å². The highest BCUT2D eigenvalue weighted by atomic mass is 16.5. The first-order valence-corrected chi connectivity index (χ1v) is 6.75. The lowest BCUT2D eigenvalue weighted by Crippen LogP contribution is -2.33. The molecule has 1 heterocycles. The van der Waals surface area contributed by atoms with Gasteiger partial charge in [-0.05, 0) is 50.1 Å². The summed E-state index contributed by atoms with van der Waals surface area (Å²) in [4.78, 5) is 0. The molecule has 1 aliphatic heterocycles. The van der Waals surface area contributed by atoms with Gasteiger partial charge in [-0.1, -0.05) is 0 Å². The van der Waals surface area contributed by atoms with Crippen LogP contribution in [0.4, 0.5) is 0 Å². The van der Waals surface area contributed by atoms with Gasteiger partial charge in [0, 0.05) is 0 Å². The first-order chi connectivity index (χ1) is 9.15. The Morgan fingerprint density at radius 1 is 1.21 bits per heavy atom. The molecular formula is C15H23NO3. The normalized spacial score (nSPS) is 18.3. The molecule has 1 N–H and O–H groups in total. The van der Waals surface area contributed by atoms with E-state index in [9.17, 15) is 0 Å². The van der Waals surface area contributed by atoms with Gasteiger partial charge in [-0.3, -0.25) is 0 Å². The first-order valence-electron chi connectivity index (χ1n) is 6.75. The lowest BCUT2D eigenvalue weighted by molar-refractivity contribution is 0.0598. The zero-order chi connectivity index (χ0) is 13.8. The quantitative estimate of drug-likeness (QED) is 0.887. The van der Waals surface area contributed by atoms with Gasteiger partial charge in [-0.25, -0.2) is 0 Å². The van der Waals surface area contributed by atoms with Crippen molar-refractivity contribution in [1.29, 1.82) is 0 Å². The number of fused-ring (bicyclic) bond motifs is 1. The van der Waals surface area contributed by atoms with E-state index in [4.69, 9.17) is 14.2 Å². The van der Waals surface area contributed by atoms with E-state index in [1.54, 1.807) is 14.2 Å². The van der Waals surface area contributed by atoms with E-state index in [1.165, 1.54) is 11.1 Å². The van der Waals surface area contributed by atoms with Crippen LogP contribution in [0.2, 0.25) is 0 Å². The molecule has 0 saturated heterocycles. The van der Waals surface area contributed by atoms with Gasteiger partial charge in [-0.15, -0.1) is 0 Å². The Bertz CT molecular complexity index is 432. The second kappa shape index (κ2) is 6.26. The van der Waals surface area contributed by atoms with Crippen molar-refractivity contribution in [3.8, 4) is 11.5 Å². The van der Waals surface area contributed by atoms with Crippen LogP contribution in [0.1, 0.15) is 31.0 Å². The molecular weight excluding hydrogens is 242 g/mol. The van der Waals surface area contributed by atoms with Crippen LogP contribution in [0, 0.1) is 0 Å². The summed E-state index contributed by atoms with van der Waals surface area (Å²) >= 11 is 0. The molecule has 2 rings (SSSR count). The van der Waals surface area contributed by atoms with Crippen molar-refractivity contribution < 1.29 is 14.2 Å². The molecule has 0 aliphatic carbocycles. The number of benzene rings is 1. The molecule has 0 radical (unpaired) electrons. The van der Waals surface area contributed by atoms with Crippen LogP contribution in [0.3, 0.4) is 0 Å². The van der Waals surface area contributed by atoms with E-state index in [-0.39, 0.29) is 12.1 Å². The van der Waals surface area contributed by atoms with Crippen molar-refractivity contribution in [3.63, 3.8) is 0 Å². The Balaban J connectivity index is 2.27. The fraction of sp³-hybridized carbons (Fsp3) is 0.600. The summed E-state index contributed by atoms with van der Waals surface area (Å²) in [5.74, 6) is 1.58. The van der Waals surface area contributed by atoms with E-state index >= 15 is 0 Å². The maximum Gasteiger partial charge on any atom is 0.161 e. The summed E-state index contributed by atoms with van der Waals surface area (Å²) in [6.07, 6.45) is 1.25. The molecule has 0 aromatic heterocycles. The van der Waals surface area contributed by atoms with Crippen molar-refractivity contribution in [2.75, 3.05) is 27.4 Å². The summed E-state index contributed by atoms with van der Waals surface area (Å²) in [5, 5.41) is 3.50. The van der Waals surface area contributed by atoms with Crippen LogP contribution in [0.5, 0.6) is 11.5 Å². The number of ether oxygens (including phenoxy) is 3. The Hall–Kier alpha value is -1.26. The van der Waals surface area contributed by atoms with Crippen molar-refractivity contribution >= 4 is 0 Å². The zero-order valence-corrected chi connectivity index (χ0v) is 12.2. The van der Waals surface area contributed by atoms with Crippen molar-refractivity contribution in [1.82, 2.24) is 5.32 Å². The highest BCUT2D eigenvalue weighted by Crippen LogP contribution is 2.35. The standard InChI is InChI=1S/C15H23NO3/c1-10(2)19-9-13-12-8-15(18-4)14(17-3)7-11(12)5-6-16-13/h7-8,10,13,16H,5-6,9H2,1-4H3. The molecule has 1 aromatic carbocycles. The summed E-state index contributed by atoms with van der Waals surface area (Å²) in [5.41, 5.74) is 2.57. The van der Waals surface area contributed by atoms with Crippen LogP contribution in [-0.4, -0.2) is 33.5 Å². The molecule has 19 heavy (non-hydrogen) atoms. The van der Waals surface area contributed by atoms with Gasteiger partial charge in [0.15, 0.2) is 11.5 Å². The molecule has 1 aromatic rings. The zero-order valence-electron chi connectivity index (χ0n) is 12.2. The van der Waals surface area contributed by atoms with Crippen LogP contribution < -0.4 is 14.8 Å². The fourth-order valence-corrected chi connectivity index (χ4v) is 2.41. The lowest BCUT2D eigenvalue weighted by Gasteiger charge is -2.28. The van der Waals surface area contributed by atoms with Crippen molar-refractivity contribution in [2.45, 2.75) is 32.4 Å². The van der Waals surface area contributed by atoms with Gasteiger partial charge in [0.25, 0.3) is 0 Å². The van der Waals surface area contributed by atoms with Crippen LogP contribution in [-0.2, 0) is 11.2 Å². The maximum absolute atomic E-state index is 5.73. The second-order valence-electron chi connectivity index (χ2n) is 5.04. The minimum atomic E-state index is 0.228. The van der Waals surface area contributed by atoms with Gasteiger partial charge < -0.3 is 19.5 Å². The number of hydrogen-bond donors (Lipinski definition) is 1. The van der Waals surface area contributed by atoms with Gasteiger partial charge in [0.2, 0.25) is 0 Å². The van der Waals surface area contributed by atoms with E-state index < -0.39 is 0 Å². The Kier molecular flexibility index (Phi) is 4.66. The number of nitrogens with one attached hydrogen (secondary N) is 1. The predicted octanol–water partition coefficient (Wildman–Crippen LogP) is 2.32. The minimum absolute atomic E-state index is 0.228. The Morgan fingerprint density at radius 3 is 2.53 bits per heavy atom. The van der Waals surface area contributed by atoms with Crippen LogP contribution in [0.15, 0.2) is 12.1 Å². The summed E-state index contributed by atoms with van der Waals surface area (Å²) < 4.78 is 16.5. The highest BCUT2D eigenvalue weighted by molar-refractivity contribution is 5.49. The molecule has 0 amide bonds. The topological polar surface area (TPSA) is 39.7 Å². The SMILES string of the molecule is COc1cc2c(cc1OC)C(COC(C)C)NCC2. The molecule has 0 fully saturated rings. The molecule has 0 spiro atoms. The first kappa shape index (κ1) is 14.2. The predicted molar refractivity (Wildman–Crippen MR) is 75.1 cm³/mol. The second-order valence-corrected chi connectivity index (χ2v) is 5.04. The number of rotatable bonds is 5. The summed E-state index contributed by atoms with van der Waals surface area (Å²) in [7, 11) is 3.34. The third kappa shape index (κ3) is 3.19. The molecule has 0 bridgehead atoms. The fourth-order valence-electron chi connectivity index (χ4n) is 2.41. The Labute approximate surface area is 115 Å². The van der Waals surface area contributed by atoms with E-state index in [1.807, 2.05) is 0 Å². The Morgan fingerprint density at radius 2 is 1.89 bits per heavy atom. The van der Waals surface area contributed by atoms with Gasteiger partial charge in [-0.2, -0.15) is 0 Å². The minimum Gasteiger partial charge on any atom is -0.493 e. The van der Waals surface area contributed by atoms with Gasteiger partial charge in [0.1, 0.15) is 0 Å². The lowest BCUT2D eigenvalue weighted by atomic mass is 9.94. The average molecular weight is 265 g/mol. The average Bonchev–Trinajstić information content (AvgIpc) is 2.43. The van der Waals surface area contributed by atoms with Crippen molar-refractivity contribution in [3.05, 3.63) is 23.3 Å². The summed E-state index contributed by atoms with van der Waals surface area (Å²) in [6.45, 7) is 5.76. The largest absolute Gasteiger partial charge is 0.493 e. The molecule has 1 atom stereocenters. The van der Waals surface area contributed by atoms with Crippen LogP contribution >= 0.6 is 0 Å². The molecule has 4 nitrogen and oxygen atoms in total. The molecule has 4 heteroatoms. The van der Waals surface area contributed by atoms with E-state index in [2.05, 4.69) is 31.3 Å². The molecule has 1 aliphatic rings. The van der Waals surface area contributed by atoms with E-state index in [0.29, 0.717) is 6.61 Å². The third-order valence-corrected chi connectivity index (χ3v) is 3.40. The number of hydrogen-bond acceptors (Lipinski definition) is 4. The van der Waals surface area contributed by atoms with Gasteiger partial charge in [0.05, 0.1) is 33.0 Å².